The highest BCUT2D eigenvalue weighted by Gasteiger charge is 2.32. The number of Topliss-reactive ketones (excluding diaryl/α,β-unsaturated/α-hetero) is 1. The van der Waals surface area contributed by atoms with Crippen molar-refractivity contribution in [2.45, 2.75) is 31.4 Å². The number of benzene rings is 2. The first-order chi connectivity index (χ1) is 16.7. The molecule has 4 rings (SSSR count). The number of hydrogen-bond donors (Lipinski definition) is 0. The van der Waals surface area contributed by atoms with Crippen LogP contribution in [0.25, 0.3) is 0 Å². The molecule has 1 aromatic heterocycles. The fourth-order valence-corrected chi connectivity index (χ4v) is 5.40. The molecule has 0 aliphatic carbocycles. The number of nitrogens with zero attached hydrogens (tertiary/aromatic N) is 2. The van der Waals surface area contributed by atoms with Gasteiger partial charge in [-0.2, -0.15) is 13.2 Å². The van der Waals surface area contributed by atoms with E-state index in [2.05, 4.69) is 20.9 Å². The van der Waals surface area contributed by atoms with E-state index >= 15 is 0 Å². The van der Waals surface area contributed by atoms with Crippen LogP contribution in [-0.2, 0) is 17.4 Å². The molecule has 0 amide bonds. The number of alkyl halides is 3. The van der Waals surface area contributed by atoms with E-state index in [9.17, 15) is 22.8 Å². The number of ether oxygens (including phenoxy) is 1. The Bertz CT molecular complexity index is 1190. The maximum absolute atomic E-state index is 13.0. The number of carbonyl (C=O) groups excluding carboxylic acids is 2. The van der Waals surface area contributed by atoms with Crippen molar-refractivity contribution >= 4 is 39.0 Å². The molecule has 0 unspecified atom stereocenters. The summed E-state index contributed by atoms with van der Waals surface area (Å²) in [5, 5.41) is 2.81. The lowest BCUT2D eigenvalue weighted by Crippen LogP contribution is -2.37. The van der Waals surface area contributed by atoms with Crippen molar-refractivity contribution < 1.29 is 27.5 Å². The maximum atomic E-state index is 13.0. The topological polar surface area (TPSA) is 59.5 Å². The average Bonchev–Trinajstić information content (AvgIpc) is 3.28. The van der Waals surface area contributed by atoms with Gasteiger partial charge in [0.05, 0.1) is 29.2 Å². The number of hydrogen-bond acceptors (Lipinski definition) is 6. The van der Waals surface area contributed by atoms with Crippen molar-refractivity contribution in [3.8, 4) is 5.75 Å². The van der Waals surface area contributed by atoms with Crippen LogP contribution in [0.3, 0.4) is 0 Å². The van der Waals surface area contributed by atoms with Crippen LogP contribution in [0.1, 0.15) is 45.4 Å². The third-order valence-electron chi connectivity index (χ3n) is 5.77. The molecule has 0 bridgehead atoms. The second-order valence-electron chi connectivity index (χ2n) is 8.31. The standard InChI is InChI=1S/C25H22BrF3N2O3S/c26-21-7-6-17(25(27,28)29)12-20(21)22(32)14-31-10-8-16(9-11-31)24-30-18(15-35-24)13-23(33)34-19-4-2-1-3-5-19/h1-7,12,15-16H,8-11,13-14H2. The Labute approximate surface area is 213 Å². The van der Waals surface area contributed by atoms with E-state index in [1.807, 2.05) is 16.3 Å². The highest BCUT2D eigenvalue weighted by molar-refractivity contribution is 9.10. The summed E-state index contributed by atoms with van der Waals surface area (Å²) in [6.07, 6.45) is -2.86. The molecule has 3 aromatic rings. The van der Waals surface area contributed by atoms with Crippen LogP contribution in [0.4, 0.5) is 13.2 Å². The summed E-state index contributed by atoms with van der Waals surface area (Å²) in [4.78, 5) is 31.4. The lowest BCUT2D eigenvalue weighted by Gasteiger charge is -2.30. The Balaban J connectivity index is 1.29. The Morgan fingerprint density at radius 1 is 1.11 bits per heavy atom. The molecule has 0 radical (unpaired) electrons. The van der Waals surface area contributed by atoms with Crippen LogP contribution < -0.4 is 4.74 Å². The Kier molecular flexibility index (Phi) is 8.03. The summed E-state index contributed by atoms with van der Waals surface area (Å²) in [7, 11) is 0. The molecular formula is C25H22BrF3N2O3S. The molecule has 0 saturated carbocycles. The Morgan fingerprint density at radius 2 is 1.83 bits per heavy atom. The summed E-state index contributed by atoms with van der Waals surface area (Å²) in [5.41, 5.74) is -0.137. The molecule has 1 aliphatic heterocycles. The summed E-state index contributed by atoms with van der Waals surface area (Å²) in [5.74, 6) is -0.0189. The number of piperidine rings is 1. The number of likely N-dealkylation sites (tertiary alicyclic amines) is 1. The number of ketones is 1. The van der Waals surface area contributed by atoms with Crippen molar-refractivity contribution in [2.24, 2.45) is 0 Å². The molecule has 10 heteroatoms. The zero-order valence-corrected chi connectivity index (χ0v) is 21.0. The second-order valence-corrected chi connectivity index (χ2v) is 10.1. The van der Waals surface area contributed by atoms with Gasteiger partial charge >= 0.3 is 12.1 Å². The summed E-state index contributed by atoms with van der Waals surface area (Å²) < 4.78 is 44.8. The SMILES string of the molecule is O=C(Cc1csc(C2CCN(CC(=O)c3cc(C(F)(F)F)ccc3Br)CC2)n1)Oc1ccccc1. The summed E-state index contributed by atoms with van der Waals surface area (Å²) >= 11 is 4.70. The van der Waals surface area contributed by atoms with Crippen LogP contribution in [-0.4, -0.2) is 41.3 Å². The zero-order chi connectivity index (χ0) is 25.0. The molecule has 2 heterocycles. The van der Waals surface area contributed by atoms with Crippen molar-refractivity contribution in [3.63, 3.8) is 0 Å². The van der Waals surface area contributed by atoms with Gasteiger partial charge in [-0.05, 0) is 56.3 Å². The lowest BCUT2D eigenvalue weighted by molar-refractivity contribution is -0.137. The third-order valence-corrected chi connectivity index (χ3v) is 7.52. The van der Waals surface area contributed by atoms with Gasteiger partial charge in [0.2, 0.25) is 0 Å². The van der Waals surface area contributed by atoms with Gasteiger partial charge in [-0.25, -0.2) is 4.98 Å². The van der Waals surface area contributed by atoms with Gasteiger partial charge in [-0.3, -0.25) is 14.5 Å². The molecule has 35 heavy (non-hydrogen) atoms. The van der Waals surface area contributed by atoms with Gasteiger partial charge in [0.25, 0.3) is 0 Å². The van der Waals surface area contributed by atoms with Gasteiger partial charge in [-0.1, -0.05) is 34.1 Å². The van der Waals surface area contributed by atoms with Crippen LogP contribution >= 0.6 is 27.3 Å². The first kappa shape index (κ1) is 25.5. The molecule has 0 spiro atoms. The minimum Gasteiger partial charge on any atom is -0.426 e. The van der Waals surface area contributed by atoms with Gasteiger partial charge in [0.15, 0.2) is 5.78 Å². The molecule has 5 nitrogen and oxygen atoms in total. The number of halogens is 4. The number of rotatable bonds is 7. The quantitative estimate of drug-likeness (QED) is 0.195. The van der Waals surface area contributed by atoms with Crippen molar-refractivity contribution in [1.82, 2.24) is 9.88 Å². The second kappa shape index (κ2) is 11.0. The number of para-hydroxylation sites is 1. The Hall–Kier alpha value is -2.56. The van der Waals surface area contributed by atoms with E-state index in [4.69, 9.17) is 4.74 Å². The number of thiazole rings is 1. The molecule has 1 aliphatic rings. The van der Waals surface area contributed by atoms with Gasteiger partial charge in [0, 0.05) is 21.3 Å². The smallest absolute Gasteiger partial charge is 0.416 e. The first-order valence-electron chi connectivity index (χ1n) is 11.0. The fourth-order valence-electron chi connectivity index (χ4n) is 3.94. The molecule has 1 fully saturated rings. The first-order valence-corrected chi connectivity index (χ1v) is 12.7. The molecule has 1 saturated heterocycles. The van der Waals surface area contributed by atoms with Crippen molar-refractivity contribution in [1.29, 1.82) is 0 Å². The largest absolute Gasteiger partial charge is 0.426 e. The van der Waals surface area contributed by atoms with Crippen LogP contribution in [0, 0.1) is 0 Å². The van der Waals surface area contributed by atoms with E-state index in [1.54, 1.807) is 24.3 Å². The van der Waals surface area contributed by atoms with E-state index in [-0.39, 0.29) is 36.2 Å². The van der Waals surface area contributed by atoms with Crippen LogP contribution in [0.5, 0.6) is 5.75 Å². The van der Waals surface area contributed by atoms with Gasteiger partial charge in [0.1, 0.15) is 5.75 Å². The fraction of sp³-hybridized carbons (Fsp3) is 0.320. The highest BCUT2D eigenvalue weighted by Crippen LogP contribution is 2.33. The monoisotopic (exact) mass is 566 g/mol. The third kappa shape index (κ3) is 6.77. The van der Waals surface area contributed by atoms with Crippen molar-refractivity contribution in [2.75, 3.05) is 19.6 Å². The maximum Gasteiger partial charge on any atom is 0.416 e. The van der Waals surface area contributed by atoms with E-state index in [0.29, 0.717) is 29.0 Å². The normalized spacial score (nSPS) is 15.2. The summed E-state index contributed by atoms with van der Waals surface area (Å²) in [6.45, 7) is 1.33. The van der Waals surface area contributed by atoms with E-state index in [1.165, 1.54) is 17.4 Å². The zero-order valence-electron chi connectivity index (χ0n) is 18.6. The van der Waals surface area contributed by atoms with Crippen LogP contribution in [0.15, 0.2) is 58.4 Å². The molecule has 184 valence electrons. The highest BCUT2D eigenvalue weighted by atomic mass is 79.9. The Morgan fingerprint density at radius 3 is 2.51 bits per heavy atom. The van der Waals surface area contributed by atoms with Crippen LogP contribution in [0.2, 0.25) is 0 Å². The molecule has 0 N–H and O–H groups in total. The number of aromatic nitrogens is 1. The van der Waals surface area contributed by atoms with E-state index in [0.717, 1.165) is 30.0 Å². The number of esters is 1. The number of carbonyl (C=O) groups is 2. The lowest BCUT2D eigenvalue weighted by atomic mass is 9.97. The molecule has 0 atom stereocenters. The van der Waals surface area contributed by atoms with Crippen molar-refractivity contribution in [3.05, 3.63) is 80.2 Å². The van der Waals surface area contributed by atoms with Gasteiger partial charge < -0.3 is 4.74 Å². The predicted octanol–water partition coefficient (Wildman–Crippen LogP) is 6.13. The van der Waals surface area contributed by atoms with E-state index < -0.39 is 11.7 Å². The predicted molar refractivity (Wildman–Crippen MR) is 130 cm³/mol. The van der Waals surface area contributed by atoms with Gasteiger partial charge in [-0.15, -0.1) is 11.3 Å². The molecular weight excluding hydrogens is 545 g/mol. The average molecular weight is 567 g/mol. The summed E-state index contributed by atoms with van der Waals surface area (Å²) in [6, 6.07) is 12.0. The molecule has 2 aromatic carbocycles. The minimum absolute atomic E-state index is 0.0360. The minimum atomic E-state index is -4.50.